The summed E-state index contributed by atoms with van der Waals surface area (Å²) in [5, 5.41) is 9.68. The van der Waals surface area contributed by atoms with Gasteiger partial charge in [-0.2, -0.15) is 13.2 Å². The molecule has 0 radical (unpaired) electrons. The molecule has 0 unspecified atom stereocenters. The number of hydrogen-bond acceptors (Lipinski definition) is 6. The van der Waals surface area contributed by atoms with E-state index in [2.05, 4.69) is 20.3 Å². The van der Waals surface area contributed by atoms with Crippen LogP contribution in [0.15, 0.2) is 30.9 Å². The van der Waals surface area contributed by atoms with Crippen LogP contribution >= 0.6 is 0 Å². The Bertz CT molecular complexity index is 938. The van der Waals surface area contributed by atoms with Crippen molar-refractivity contribution in [3.63, 3.8) is 0 Å². The van der Waals surface area contributed by atoms with Crippen LogP contribution < -0.4 is 5.32 Å². The molecule has 0 aromatic carbocycles. The number of carbonyl (C=O) groups is 3. The summed E-state index contributed by atoms with van der Waals surface area (Å²) in [7, 11) is 0. The van der Waals surface area contributed by atoms with Gasteiger partial charge in [0.1, 0.15) is 6.33 Å². The molecule has 31 heavy (non-hydrogen) atoms. The van der Waals surface area contributed by atoms with Crippen molar-refractivity contribution in [2.24, 2.45) is 0 Å². The highest BCUT2D eigenvalue weighted by atomic mass is 19.4. The monoisotopic (exact) mass is 439 g/mol. The molecule has 0 fully saturated rings. The summed E-state index contributed by atoms with van der Waals surface area (Å²) in [6, 6.07) is 3.85. The second-order valence-corrected chi connectivity index (χ2v) is 6.48. The molecular weight excluding hydrogens is 419 g/mol. The second-order valence-electron chi connectivity index (χ2n) is 6.48. The molecule has 0 atom stereocenters. The van der Waals surface area contributed by atoms with E-state index in [1.807, 2.05) is 12.1 Å². The maximum atomic E-state index is 12.2. The smallest absolute Gasteiger partial charge is 0.475 e. The number of amides is 2. The maximum Gasteiger partial charge on any atom is 0.490 e. The Labute approximate surface area is 175 Å². The van der Waals surface area contributed by atoms with E-state index in [9.17, 15) is 22.8 Å². The third-order valence-corrected chi connectivity index (χ3v) is 4.32. The van der Waals surface area contributed by atoms with Crippen molar-refractivity contribution < 1.29 is 32.7 Å². The summed E-state index contributed by atoms with van der Waals surface area (Å²) in [6.07, 6.45) is 1.35. The Hall–Kier alpha value is -3.57. The molecule has 0 spiro atoms. The van der Waals surface area contributed by atoms with E-state index in [1.54, 1.807) is 23.6 Å². The predicted molar refractivity (Wildman–Crippen MR) is 102 cm³/mol. The molecule has 3 rings (SSSR count). The number of halogens is 3. The van der Waals surface area contributed by atoms with Gasteiger partial charge in [-0.3, -0.25) is 14.6 Å². The Morgan fingerprint density at radius 1 is 1.13 bits per heavy atom. The highest BCUT2D eigenvalue weighted by Crippen LogP contribution is 2.25. The van der Waals surface area contributed by atoms with Crippen LogP contribution in [-0.2, 0) is 27.2 Å². The van der Waals surface area contributed by atoms with Crippen molar-refractivity contribution in [3.8, 4) is 11.3 Å². The van der Waals surface area contributed by atoms with Gasteiger partial charge in [-0.15, -0.1) is 0 Å². The average molecular weight is 439 g/mol. The van der Waals surface area contributed by atoms with E-state index in [1.165, 1.54) is 6.92 Å². The molecule has 2 aromatic heterocycles. The first-order chi connectivity index (χ1) is 14.6. The summed E-state index contributed by atoms with van der Waals surface area (Å²) < 4.78 is 31.7. The number of aliphatic carboxylic acids is 1. The Morgan fingerprint density at radius 3 is 2.32 bits per heavy atom. The number of hydrogen-bond donors (Lipinski definition) is 2. The van der Waals surface area contributed by atoms with Gasteiger partial charge in [0.25, 0.3) is 0 Å². The van der Waals surface area contributed by atoms with Gasteiger partial charge in [-0.05, 0) is 18.6 Å². The van der Waals surface area contributed by atoms with Crippen molar-refractivity contribution in [1.29, 1.82) is 0 Å². The number of fused-ring (bicyclic) bond motifs is 1. The van der Waals surface area contributed by atoms with Gasteiger partial charge in [0.2, 0.25) is 11.8 Å². The molecule has 1 aliphatic rings. The SMILES string of the molecule is CC(=O)NCC(=O)N1CCc2ncnc(-c3ccncc3)c2CC1.O=C(O)C(F)(F)F. The molecule has 3 heterocycles. The Balaban J connectivity index is 0.000000423. The number of carbonyl (C=O) groups excluding carboxylic acids is 2. The zero-order valence-electron chi connectivity index (χ0n) is 16.5. The van der Waals surface area contributed by atoms with Crippen molar-refractivity contribution in [1.82, 2.24) is 25.2 Å². The number of alkyl halides is 3. The molecule has 12 heteroatoms. The van der Waals surface area contributed by atoms with E-state index in [4.69, 9.17) is 9.90 Å². The van der Waals surface area contributed by atoms with Gasteiger partial charge in [0, 0.05) is 55.6 Å². The van der Waals surface area contributed by atoms with E-state index in [0.717, 1.165) is 22.5 Å². The fourth-order valence-corrected chi connectivity index (χ4v) is 2.85. The average Bonchev–Trinajstić information content (AvgIpc) is 2.95. The minimum absolute atomic E-state index is 0.0363. The van der Waals surface area contributed by atoms with Crippen LogP contribution in [0.1, 0.15) is 18.2 Å². The summed E-state index contributed by atoms with van der Waals surface area (Å²) in [5.74, 6) is -3.03. The van der Waals surface area contributed by atoms with Crippen molar-refractivity contribution in [2.45, 2.75) is 25.9 Å². The molecule has 0 saturated heterocycles. The molecule has 9 nitrogen and oxygen atoms in total. The summed E-state index contributed by atoms with van der Waals surface area (Å²) in [4.78, 5) is 46.7. The number of carboxylic acid groups (broad SMARTS) is 1. The number of aromatic nitrogens is 3. The summed E-state index contributed by atoms with van der Waals surface area (Å²) in [6.45, 7) is 2.63. The lowest BCUT2D eigenvalue weighted by Gasteiger charge is -2.20. The molecular formula is C19H20F3N5O4. The van der Waals surface area contributed by atoms with Crippen LogP contribution in [0.3, 0.4) is 0 Å². The van der Waals surface area contributed by atoms with E-state index < -0.39 is 12.1 Å². The molecule has 0 aliphatic carbocycles. The highest BCUT2D eigenvalue weighted by Gasteiger charge is 2.38. The fraction of sp³-hybridized carbons (Fsp3) is 0.368. The lowest BCUT2D eigenvalue weighted by atomic mass is 10.0. The third kappa shape index (κ3) is 7.01. The van der Waals surface area contributed by atoms with Crippen molar-refractivity contribution in [3.05, 3.63) is 42.1 Å². The fourth-order valence-electron chi connectivity index (χ4n) is 2.85. The Morgan fingerprint density at radius 2 is 1.74 bits per heavy atom. The van der Waals surface area contributed by atoms with E-state index >= 15 is 0 Å². The molecule has 166 valence electrons. The number of nitrogens with zero attached hydrogens (tertiary/aromatic N) is 4. The van der Waals surface area contributed by atoms with Gasteiger partial charge in [-0.1, -0.05) is 0 Å². The topological polar surface area (TPSA) is 125 Å². The minimum Gasteiger partial charge on any atom is -0.475 e. The van der Waals surface area contributed by atoms with Gasteiger partial charge < -0.3 is 15.3 Å². The van der Waals surface area contributed by atoms with Crippen LogP contribution in [0.5, 0.6) is 0 Å². The first-order valence-corrected chi connectivity index (χ1v) is 9.15. The standard InChI is InChI=1S/C17H19N5O2.C2HF3O2/c1-12(23)19-10-16(24)22-8-4-14-15(5-9-22)20-11-21-17(14)13-2-6-18-7-3-13;3-2(4,5)1(6)7/h2-3,6-7,11H,4-5,8-10H2,1H3,(H,19,23);(H,6,7). The first-order valence-electron chi connectivity index (χ1n) is 9.15. The maximum absolute atomic E-state index is 12.2. The molecule has 0 bridgehead atoms. The van der Waals surface area contributed by atoms with E-state index in [0.29, 0.717) is 25.9 Å². The largest absolute Gasteiger partial charge is 0.490 e. The van der Waals surface area contributed by atoms with Crippen LogP contribution in [0.4, 0.5) is 13.2 Å². The van der Waals surface area contributed by atoms with Crippen LogP contribution in [0.25, 0.3) is 11.3 Å². The summed E-state index contributed by atoms with van der Waals surface area (Å²) in [5.41, 5.74) is 3.96. The minimum atomic E-state index is -5.08. The number of carboxylic acids is 1. The number of rotatable bonds is 3. The molecule has 1 aliphatic heterocycles. The normalized spacial score (nSPS) is 13.2. The van der Waals surface area contributed by atoms with Crippen LogP contribution in [0, 0.1) is 0 Å². The molecule has 0 saturated carbocycles. The zero-order valence-corrected chi connectivity index (χ0v) is 16.5. The summed E-state index contributed by atoms with van der Waals surface area (Å²) >= 11 is 0. The highest BCUT2D eigenvalue weighted by molar-refractivity contribution is 5.83. The van der Waals surface area contributed by atoms with Gasteiger partial charge in [-0.25, -0.2) is 14.8 Å². The number of pyridine rings is 1. The lowest BCUT2D eigenvalue weighted by molar-refractivity contribution is -0.192. The van der Waals surface area contributed by atoms with Crippen molar-refractivity contribution >= 4 is 17.8 Å². The van der Waals surface area contributed by atoms with Gasteiger partial charge >= 0.3 is 12.1 Å². The quantitative estimate of drug-likeness (QED) is 0.737. The zero-order chi connectivity index (χ0) is 23.0. The number of nitrogens with one attached hydrogen (secondary N) is 1. The molecule has 2 aromatic rings. The third-order valence-electron chi connectivity index (χ3n) is 4.32. The predicted octanol–water partition coefficient (Wildman–Crippen LogP) is 1.24. The lowest BCUT2D eigenvalue weighted by Crippen LogP contribution is -2.40. The first kappa shape index (κ1) is 23.7. The van der Waals surface area contributed by atoms with Gasteiger partial charge in [0.15, 0.2) is 0 Å². The molecule has 2 amide bonds. The Kier molecular flexibility index (Phi) is 8.00. The van der Waals surface area contributed by atoms with Crippen molar-refractivity contribution in [2.75, 3.05) is 19.6 Å². The van der Waals surface area contributed by atoms with Crippen LogP contribution in [-0.4, -0.2) is 68.6 Å². The van der Waals surface area contributed by atoms with E-state index in [-0.39, 0.29) is 18.4 Å². The molecule has 2 N–H and O–H groups in total. The van der Waals surface area contributed by atoms with Crippen LogP contribution in [0.2, 0.25) is 0 Å². The van der Waals surface area contributed by atoms with Gasteiger partial charge in [0.05, 0.1) is 12.2 Å². The second kappa shape index (κ2) is 10.5.